The second-order valence-electron chi connectivity index (χ2n) is 4.37. The topological polar surface area (TPSA) is 83.5 Å². The minimum atomic E-state index is -1.09. The van der Waals surface area contributed by atoms with Crippen molar-refractivity contribution in [1.29, 1.82) is 0 Å². The van der Waals surface area contributed by atoms with Crippen molar-refractivity contribution in [3.8, 4) is 0 Å². The molecular formula is C13H23NO4. The van der Waals surface area contributed by atoms with E-state index in [0.29, 0.717) is 12.7 Å². The Bertz CT molecular complexity index is 266. The molecule has 0 saturated carbocycles. The van der Waals surface area contributed by atoms with Crippen molar-refractivity contribution < 1.29 is 19.5 Å². The van der Waals surface area contributed by atoms with Gasteiger partial charge in [-0.15, -0.1) is 0 Å². The molecule has 104 valence electrons. The van der Waals surface area contributed by atoms with Gasteiger partial charge in [0.1, 0.15) is 12.3 Å². The first kappa shape index (κ1) is 16.6. The highest BCUT2D eigenvalue weighted by molar-refractivity contribution is 5.83. The summed E-state index contributed by atoms with van der Waals surface area (Å²) in [5.74, 6) is -1.33. The molecule has 0 saturated heterocycles. The molecule has 0 heterocycles. The lowest BCUT2D eigenvalue weighted by Gasteiger charge is -2.13. The third-order valence-corrected chi connectivity index (χ3v) is 2.71. The summed E-state index contributed by atoms with van der Waals surface area (Å²) in [4.78, 5) is 32.5. The van der Waals surface area contributed by atoms with Crippen molar-refractivity contribution in [3.05, 3.63) is 0 Å². The maximum Gasteiger partial charge on any atom is 0.326 e. The Labute approximate surface area is 108 Å². The lowest BCUT2D eigenvalue weighted by atomic mass is 10.1. The van der Waals surface area contributed by atoms with Crippen molar-refractivity contribution in [2.45, 2.75) is 64.3 Å². The maximum atomic E-state index is 11.5. The van der Waals surface area contributed by atoms with E-state index in [4.69, 9.17) is 5.11 Å². The second-order valence-corrected chi connectivity index (χ2v) is 4.37. The third-order valence-electron chi connectivity index (χ3n) is 2.71. The molecule has 18 heavy (non-hydrogen) atoms. The van der Waals surface area contributed by atoms with Crippen LogP contribution < -0.4 is 5.32 Å². The standard InChI is InChI=1S/C13H23NO4/c1-2-3-4-5-6-9-12(16)14-11(13(17)18)8-7-10-15/h10-11H,2-9H2,1H3,(H,14,16)(H,17,18)/t11-/m0/s1. The third kappa shape index (κ3) is 8.73. The number of carbonyl (C=O) groups is 3. The summed E-state index contributed by atoms with van der Waals surface area (Å²) in [5, 5.41) is 11.3. The van der Waals surface area contributed by atoms with Gasteiger partial charge in [0.15, 0.2) is 0 Å². The summed E-state index contributed by atoms with van der Waals surface area (Å²) in [5.41, 5.74) is 0. The molecule has 0 fully saturated rings. The molecule has 0 aromatic carbocycles. The van der Waals surface area contributed by atoms with Crippen molar-refractivity contribution in [3.63, 3.8) is 0 Å². The van der Waals surface area contributed by atoms with Gasteiger partial charge in [-0.3, -0.25) is 4.79 Å². The molecule has 0 aromatic rings. The first-order chi connectivity index (χ1) is 8.61. The zero-order valence-electron chi connectivity index (χ0n) is 11.0. The smallest absolute Gasteiger partial charge is 0.326 e. The summed E-state index contributed by atoms with van der Waals surface area (Å²) in [6.45, 7) is 2.12. The Morgan fingerprint density at radius 1 is 1.22 bits per heavy atom. The van der Waals surface area contributed by atoms with Gasteiger partial charge in [-0.25, -0.2) is 4.79 Å². The number of unbranched alkanes of at least 4 members (excludes halogenated alkanes) is 4. The largest absolute Gasteiger partial charge is 0.480 e. The molecule has 0 aliphatic carbocycles. The molecule has 2 N–H and O–H groups in total. The quantitative estimate of drug-likeness (QED) is 0.437. The van der Waals surface area contributed by atoms with Gasteiger partial charge in [0.25, 0.3) is 0 Å². The van der Waals surface area contributed by atoms with Crippen LogP contribution in [0, 0.1) is 0 Å². The highest BCUT2D eigenvalue weighted by Crippen LogP contribution is 2.05. The van der Waals surface area contributed by atoms with E-state index in [-0.39, 0.29) is 18.7 Å². The van der Waals surface area contributed by atoms with Crippen LogP contribution in [-0.4, -0.2) is 29.3 Å². The fraction of sp³-hybridized carbons (Fsp3) is 0.769. The second kappa shape index (κ2) is 10.7. The van der Waals surface area contributed by atoms with Crippen LogP contribution in [-0.2, 0) is 14.4 Å². The maximum absolute atomic E-state index is 11.5. The SMILES string of the molecule is CCCCCCCC(=O)N[C@@H](CCC=O)C(=O)O. The van der Waals surface area contributed by atoms with Gasteiger partial charge < -0.3 is 15.2 Å². The van der Waals surface area contributed by atoms with E-state index >= 15 is 0 Å². The van der Waals surface area contributed by atoms with Crippen LogP contribution in [0.4, 0.5) is 0 Å². The normalized spacial score (nSPS) is 11.8. The monoisotopic (exact) mass is 257 g/mol. The number of rotatable bonds is 11. The van der Waals surface area contributed by atoms with Crippen molar-refractivity contribution in [2.24, 2.45) is 0 Å². The van der Waals surface area contributed by atoms with E-state index in [9.17, 15) is 14.4 Å². The van der Waals surface area contributed by atoms with Gasteiger partial charge >= 0.3 is 5.97 Å². The molecule has 1 atom stereocenters. The number of hydrogen-bond donors (Lipinski definition) is 2. The number of aldehydes is 1. The van der Waals surface area contributed by atoms with E-state index in [1.807, 2.05) is 0 Å². The number of amides is 1. The number of carbonyl (C=O) groups excluding carboxylic acids is 2. The molecule has 0 spiro atoms. The summed E-state index contributed by atoms with van der Waals surface area (Å²) < 4.78 is 0. The number of nitrogens with one attached hydrogen (secondary N) is 1. The van der Waals surface area contributed by atoms with Gasteiger partial charge in [-0.1, -0.05) is 32.6 Å². The molecule has 0 bridgehead atoms. The predicted molar refractivity (Wildman–Crippen MR) is 68.2 cm³/mol. The van der Waals surface area contributed by atoms with Crippen LogP contribution in [0.5, 0.6) is 0 Å². The molecule has 0 aromatic heterocycles. The fourth-order valence-corrected chi connectivity index (χ4v) is 1.65. The van der Waals surface area contributed by atoms with E-state index in [0.717, 1.165) is 25.7 Å². The van der Waals surface area contributed by atoms with Crippen LogP contribution in [0.1, 0.15) is 58.3 Å². The highest BCUT2D eigenvalue weighted by Gasteiger charge is 2.18. The lowest BCUT2D eigenvalue weighted by molar-refractivity contribution is -0.142. The highest BCUT2D eigenvalue weighted by atomic mass is 16.4. The minimum Gasteiger partial charge on any atom is -0.480 e. The molecule has 1 amide bonds. The lowest BCUT2D eigenvalue weighted by Crippen LogP contribution is -2.40. The van der Waals surface area contributed by atoms with Crippen LogP contribution in [0.15, 0.2) is 0 Å². The zero-order valence-corrected chi connectivity index (χ0v) is 11.0. The Hall–Kier alpha value is -1.39. The Kier molecular flexibility index (Phi) is 9.91. The minimum absolute atomic E-state index is 0.147. The van der Waals surface area contributed by atoms with E-state index in [1.54, 1.807) is 0 Å². The average molecular weight is 257 g/mol. The molecule has 0 rings (SSSR count). The summed E-state index contributed by atoms with van der Waals surface area (Å²) in [7, 11) is 0. The molecule has 5 heteroatoms. The predicted octanol–water partition coefficient (Wildman–Crippen LogP) is 1.90. The van der Waals surface area contributed by atoms with Gasteiger partial charge in [-0.05, 0) is 12.8 Å². The summed E-state index contributed by atoms with van der Waals surface area (Å²) in [6.07, 6.45) is 6.52. The Morgan fingerprint density at radius 2 is 1.89 bits per heavy atom. The number of hydrogen-bond acceptors (Lipinski definition) is 3. The van der Waals surface area contributed by atoms with Crippen LogP contribution in [0.3, 0.4) is 0 Å². The molecule has 0 aliphatic rings. The van der Waals surface area contributed by atoms with E-state index < -0.39 is 12.0 Å². The van der Waals surface area contributed by atoms with Crippen LogP contribution >= 0.6 is 0 Å². The average Bonchev–Trinajstić information content (AvgIpc) is 2.33. The van der Waals surface area contributed by atoms with E-state index in [1.165, 1.54) is 6.42 Å². The summed E-state index contributed by atoms with van der Waals surface area (Å²) >= 11 is 0. The number of carboxylic acid groups (broad SMARTS) is 1. The molecule has 0 unspecified atom stereocenters. The van der Waals surface area contributed by atoms with Gasteiger partial charge in [-0.2, -0.15) is 0 Å². The van der Waals surface area contributed by atoms with Crippen LogP contribution in [0.25, 0.3) is 0 Å². The fourth-order valence-electron chi connectivity index (χ4n) is 1.65. The molecule has 0 aliphatic heterocycles. The number of carboxylic acids is 1. The zero-order chi connectivity index (χ0) is 13.8. The first-order valence-corrected chi connectivity index (χ1v) is 6.57. The van der Waals surface area contributed by atoms with E-state index in [2.05, 4.69) is 12.2 Å². The van der Waals surface area contributed by atoms with Gasteiger partial charge in [0.05, 0.1) is 0 Å². The molecular weight excluding hydrogens is 234 g/mol. The van der Waals surface area contributed by atoms with Crippen molar-refractivity contribution >= 4 is 18.2 Å². The first-order valence-electron chi connectivity index (χ1n) is 6.57. The summed E-state index contributed by atoms with van der Waals surface area (Å²) in [6, 6.07) is -0.946. The Balaban J connectivity index is 3.80. The van der Waals surface area contributed by atoms with Crippen molar-refractivity contribution in [1.82, 2.24) is 5.32 Å². The van der Waals surface area contributed by atoms with Gasteiger partial charge in [0.2, 0.25) is 5.91 Å². The number of aliphatic carboxylic acids is 1. The van der Waals surface area contributed by atoms with Gasteiger partial charge in [0, 0.05) is 12.8 Å². The molecule has 0 radical (unpaired) electrons. The van der Waals surface area contributed by atoms with Crippen molar-refractivity contribution in [2.75, 3.05) is 0 Å². The Morgan fingerprint density at radius 3 is 2.44 bits per heavy atom. The van der Waals surface area contributed by atoms with Crippen LogP contribution in [0.2, 0.25) is 0 Å². The molecule has 5 nitrogen and oxygen atoms in total.